The molecule has 0 N–H and O–H groups in total. The van der Waals surface area contributed by atoms with Gasteiger partial charge >= 0.3 is 0 Å². The molecule has 6 heteroatoms. The number of para-hydroxylation sites is 1. The van der Waals surface area contributed by atoms with E-state index >= 15 is 0 Å². The maximum absolute atomic E-state index is 12.5. The molecular weight excluding hydrogens is 568 g/mol. The summed E-state index contributed by atoms with van der Waals surface area (Å²) in [5.41, 5.74) is 9.31. The average molecular weight is 631 g/mol. The first-order chi connectivity index (χ1) is 22.2. The van der Waals surface area contributed by atoms with Gasteiger partial charge in [0, 0.05) is 66.5 Å². The van der Waals surface area contributed by atoms with Gasteiger partial charge in [-0.2, -0.15) is 0 Å². The number of allylic oxidation sites excluding steroid dienone is 9. The van der Waals surface area contributed by atoms with Crippen molar-refractivity contribution in [2.75, 3.05) is 67.1 Å². The Morgan fingerprint density at radius 2 is 1.63 bits per heavy atom. The number of hydrogen-bond acceptors (Lipinski definition) is 5. The number of benzene rings is 1. The summed E-state index contributed by atoms with van der Waals surface area (Å²) in [5, 5.41) is 1.07. The number of fused-ring (bicyclic) bond motifs is 1. The summed E-state index contributed by atoms with van der Waals surface area (Å²) >= 11 is 0. The number of aromatic nitrogens is 1. The SMILES string of the molecule is C=C1C(C)=CC=C1C1=CC(C)=CC1.CC.CCCN1CCN(C)CC1.COC.Cc1ccnc2c(C(=O)N3CCCC3)cccc12.[HH]. The topological polar surface area (TPSA) is 48.9 Å². The fraction of sp³-hybridized carbons (Fsp3) is 0.500. The number of carbonyl (C=O) groups is 1. The molecule has 0 radical (unpaired) electrons. The molecule has 46 heavy (non-hydrogen) atoms. The lowest BCUT2D eigenvalue weighted by Gasteiger charge is -2.31. The van der Waals surface area contributed by atoms with E-state index in [0.29, 0.717) is 0 Å². The summed E-state index contributed by atoms with van der Waals surface area (Å²) in [6.45, 7) is 24.7. The van der Waals surface area contributed by atoms with Gasteiger partial charge in [0.1, 0.15) is 0 Å². The zero-order valence-corrected chi connectivity index (χ0v) is 30.3. The van der Waals surface area contributed by atoms with Gasteiger partial charge in [-0.25, -0.2) is 0 Å². The standard InChI is InChI=1S/C15H16N2O.C13H14.C8H18N2.C2H6O.C2H6.H2/c1-11-7-8-16-14-12(11)5-4-6-13(14)15(18)17-9-2-3-10-17;1-9-4-6-12(8-9)13-7-5-10(2)11(13)3;1-3-4-10-7-5-9(2)6-8-10;1-3-2;1-2;/h4-8H,2-3,9-10H2,1H3;4-5,7-8H,3,6H2,1-2H3;3-8H2,1-2H3;1-2H3;1-2H3;1H. The summed E-state index contributed by atoms with van der Waals surface area (Å²) in [4.78, 5) is 23.7. The number of rotatable bonds is 4. The zero-order chi connectivity index (χ0) is 34.1. The third-order valence-corrected chi connectivity index (χ3v) is 8.44. The third kappa shape index (κ3) is 11.5. The van der Waals surface area contributed by atoms with E-state index in [0.717, 1.165) is 54.4 Å². The van der Waals surface area contributed by atoms with Crippen LogP contribution < -0.4 is 0 Å². The van der Waals surface area contributed by atoms with Crippen LogP contribution in [-0.4, -0.2) is 92.7 Å². The Balaban J connectivity index is 0.000000338. The van der Waals surface area contributed by atoms with Gasteiger partial charge in [0.25, 0.3) is 5.91 Å². The third-order valence-electron chi connectivity index (χ3n) is 8.44. The molecule has 2 saturated heterocycles. The summed E-state index contributed by atoms with van der Waals surface area (Å²) in [5.74, 6) is 0.121. The van der Waals surface area contributed by atoms with E-state index in [2.05, 4.69) is 78.2 Å². The van der Waals surface area contributed by atoms with Crippen molar-refractivity contribution >= 4 is 16.8 Å². The Bertz CT molecular complexity index is 1390. The van der Waals surface area contributed by atoms with Crippen molar-refractivity contribution in [1.29, 1.82) is 0 Å². The molecule has 0 bridgehead atoms. The molecule has 254 valence electrons. The maximum Gasteiger partial charge on any atom is 0.256 e. The Kier molecular flexibility index (Phi) is 17.5. The average Bonchev–Trinajstić information content (AvgIpc) is 3.83. The molecule has 0 spiro atoms. The van der Waals surface area contributed by atoms with Crippen LogP contribution in [0.25, 0.3) is 10.9 Å². The van der Waals surface area contributed by atoms with Crippen LogP contribution in [0.5, 0.6) is 0 Å². The van der Waals surface area contributed by atoms with Crippen LogP contribution >= 0.6 is 0 Å². The minimum Gasteiger partial charge on any atom is -0.388 e. The molecule has 6 rings (SSSR count). The van der Waals surface area contributed by atoms with Gasteiger partial charge in [0.05, 0.1) is 11.1 Å². The number of aryl methyl sites for hydroxylation is 1. The molecule has 0 atom stereocenters. The van der Waals surface area contributed by atoms with E-state index in [1.165, 1.54) is 67.0 Å². The van der Waals surface area contributed by atoms with Gasteiger partial charge in [-0.05, 0) is 100 Å². The van der Waals surface area contributed by atoms with Crippen LogP contribution in [-0.2, 0) is 4.74 Å². The van der Waals surface area contributed by atoms with E-state index in [1.54, 1.807) is 20.4 Å². The lowest BCUT2D eigenvalue weighted by atomic mass is 9.98. The smallest absolute Gasteiger partial charge is 0.256 e. The largest absolute Gasteiger partial charge is 0.388 e. The zero-order valence-electron chi connectivity index (χ0n) is 30.3. The van der Waals surface area contributed by atoms with E-state index < -0.39 is 0 Å². The molecule has 2 aliphatic carbocycles. The van der Waals surface area contributed by atoms with E-state index in [4.69, 9.17) is 0 Å². The molecule has 2 aromatic rings. The Hall–Kier alpha value is -3.32. The highest BCUT2D eigenvalue weighted by molar-refractivity contribution is 6.06. The van der Waals surface area contributed by atoms with Crippen molar-refractivity contribution in [3.05, 3.63) is 100 Å². The molecule has 1 amide bonds. The number of likely N-dealkylation sites (N-methyl/N-ethyl adjacent to an activating group) is 1. The van der Waals surface area contributed by atoms with E-state index in [9.17, 15) is 4.79 Å². The highest BCUT2D eigenvalue weighted by Crippen LogP contribution is 2.34. The normalized spacial score (nSPS) is 17.6. The highest BCUT2D eigenvalue weighted by Gasteiger charge is 2.21. The number of ether oxygens (including phenoxy) is 1. The summed E-state index contributed by atoms with van der Waals surface area (Å²) in [7, 11) is 5.45. The van der Waals surface area contributed by atoms with E-state index in [1.807, 2.05) is 49.9 Å². The second kappa shape index (κ2) is 20.7. The van der Waals surface area contributed by atoms with Crippen LogP contribution in [0.3, 0.4) is 0 Å². The van der Waals surface area contributed by atoms with Crippen molar-refractivity contribution < 1.29 is 11.0 Å². The first-order valence-corrected chi connectivity index (χ1v) is 17.1. The number of piperazine rings is 1. The highest BCUT2D eigenvalue weighted by atomic mass is 16.4. The van der Waals surface area contributed by atoms with Crippen molar-refractivity contribution in [2.45, 2.75) is 67.2 Å². The number of nitrogens with zero attached hydrogens (tertiary/aromatic N) is 4. The summed E-state index contributed by atoms with van der Waals surface area (Å²) in [6, 6.07) is 7.83. The van der Waals surface area contributed by atoms with Gasteiger partial charge in [-0.3, -0.25) is 9.78 Å². The molecule has 0 unspecified atom stereocenters. The number of hydrogen-bond donors (Lipinski definition) is 0. The first kappa shape index (κ1) is 38.9. The van der Waals surface area contributed by atoms with Gasteiger partial charge < -0.3 is 19.4 Å². The Morgan fingerprint density at radius 3 is 2.17 bits per heavy atom. The summed E-state index contributed by atoms with van der Waals surface area (Å²) in [6.07, 6.45) is 15.2. The molecule has 1 aromatic carbocycles. The second-order valence-electron chi connectivity index (χ2n) is 12.1. The van der Waals surface area contributed by atoms with Crippen LogP contribution in [0.4, 0.5) is 0 Å². The molecular formula is C40H62N4O2. The number of methoxy groups -OCH3 is 1. The van der Waals surface area contributed by atoms with Gasteiger partial charge in [0.15, 0.2) is 0 Å². The predicted molar refractivity (Wildman–Crippen MR) is 200 cm³/mol. The van der Waals surface area contributed by atoms with Crippen molar-refractivity contribution in [3.8, 4) is 0 Å². The minimum atomic E-state index is 0. The molecule has 3 heterocycles. The monoisotopic (exact) mass is 630 g/mol. The molecule has 2 aliphatic heterocycles. The van der Waals surface area contributed by atoms with Crippen LogP contribution in [0.1, 0.15) is 77.7 Å². The molecule has 1 aromatic heterocycles. The van der Waals surface area contributed by atoms with Crippen molar-refractivity contribution in [2.24, 2.45) is 0 Å². The number of carbonyl (C=O) groups excluding carboxylic acids is 1. The Labute approximate surface area is 281 Å². The van der Waals surface area contributed by atoms with Crippen molar-refractivity contribution in [3.63, 3.8) is 0 Å². The maximum atomic E-state index is 12.5. The number of likely N-dealkylation sites (tertiary alicyclic amines) is 1. The lowest BCUT2D eigenvalue weighted by Crippen LogP contribution is -2.44. The lowest BCUT2D eigenvalue weighted by molar-refractivity contribution is 0.0794. The molecule has 6 nitrogen and oxygen atoms in total. The fourth-order valence-corrected chi connectivity index (χ4v) is 5.74. The van der Waals surface area contributed by atoms with Gasteiger partial charge in [-0.15, -0.1) is 0 Å². The van der Waals surface area contributed by atoms with Gasteiger partial charge in [0.2, 0.25) is 0 Å². The van der Waals surface area contributed by atoms with Crippen LogP contribution in [0, 0.1) is 6.92 Å². The first-order valence-electron chi connectivity index (χ1n) is 17.1. The van der Waals surface area contributed by atoms with Crippen LogP contribution in [0.15, 0.2) is 89.2 Å². The minimum absolute atomic E-state index is 0. The summed E-state index contributed by atoms with van der Waals surface area (Å²) < 4.78 is 4.25. The Morgan fingerprint density at radius 1 is 0.978 bits per heavy atom. The molecule has 0 saturated carbocycles. The van der Waals surface area contributed by atoms with E-state index in [-0.39, 0.29) is 7.33 Å². The van der Waals surface area contributed by atoms with Crippen LogP contribution in [0.2, 0.25) is 0 Å². The fourth-order valence-electron chi connectivity index (χ4n) is 5.74. The van der Waals surface area contributed by atoms with Crippen molar-refractivity contribution in [1.82, 2.24) is 19.7 Å². The number of pyridine rings is 1. The molecule has 4 aliphatic rings. The second-order valence-corrected chi connectivity index (χ2v) is 12.1. The van der Waals surface area contributed by atoms with Gasteiger partial charge in [-0.1, -0.05) is 69.4 Å². The molecule has 2 fully saturated rings. The predicted octanol–water partition coefficient (Wildman–Crippen LogP) is 8.66. The quantitative estimate of drug-likeness (QED) is 0.338. The number of amides is 1.